The summed E-state index contributed by atoms with van der Waals surface area (Å²) in [5.74, 6) is -0.490. The Labute approximate surface area is 136 Å². The SMILES string of the molecule is C1CNCCN1.COc1ccc2cc([C@H](C)C(=O)O)ccc2c1. The lowest BCUT2D eigenvalue weighted by molar-refractivity contribution is -0.138. The molecule has 0 bridgehead atoms. The smallest absolute Gasteiger partial charge is 0.310 e. The average Bonchev–Trinajstić information content (AvgIpc) is 2.62. The van der Waals surface area contributed by atoms with Gasteiger partial charge < -0.3 is 20.5 Å². The number of benzene rings is 2. The maximum Gasteiger partial charge on any atom is 0.310 e. The predicted octanol–water partition coefficient (Wildman–Crippen LogP) is 2.22. The Morgan fingerprint density at radius 1 is 1.04 bits per heavy atom. The van der Waals surface area contributed by atoms with Crippen molar-refractivity contribution in [2.24, 2.45) is 0 Å². The molecular formula is C18H24N2O3. The molecule has 1 aliphatic heterocycles. The highest BCUT2D eigenvalue weighted by Gasteiger charge is 2.13. The van der Waals surface area contributed by atoms with Gasteiger partial charge in [-0.05, 0) is 35.4 Å². The number of hydrogen-bond donors (Lipinski definition) is 3. The Morgan fingerprint density at radius 2 is 1.61 bits per heavy atom. The van der Waals surface area contributed by atoms with Crippen molar-refractivity contribution in [1.82, 2.24) is 10.6 Å². The Hall–Kier alpha value is -2.11. The number of ether oxygens (including phenoxy) is 1. The molecule has 2 aromatic rings. The number of carboxylic acid groups (broad SMARTS) is 1. The van der Waals surface area contributed by atoms with Crippen LogP contribution in [0.25, 0.3) is 10.8 Å². The van der Waals surface area contributed by atoms with Crippen molar-refractivity contribution in [1.29, 1.82) is 0 Å². The van der Waals surface area contributed by atoms with Crippen molar-refractivity contribution in [3.05, 3.63) is 42.0 Å². The summed E-state index contributed by atoms with van der Waals surface area (Å²) in [4.78, 5) is 10.9. The van der Waals surface area contributed by atoms with Crippen LogP contribution in [0.3, 0.4) is 0 Å². The largest absolute Gasteiger partial charge is 0.497 e. The zero-order valence-electron chi connectivity index (χ0n) is 13.6. The minimum Gasteiger partial charge on any atom is -0.497 e. The predicted molar refractivity (Wildman–Crippen MR) is 92.3 cm³/mol. The molecule has 3 N–H and O–H groups in total. The summed E-state index contributed by atoms with van der Waals surface area (Å²) >= 11 is 0. The van der Waals surface area contributed by atoms with Gasteiger partial charge >= 0.3 is 5.97 Å². The van der Waals surface area contributed by atoms with Crippen LogP contribution in [-0.4, -0.2) is 44.4 Å². The van der Waals surface area contributed by atoms with Gasteiger partial charge in [-0.3, -0.25) is 4.79 Å². The van der Waals surface area contributed by atoms with Gasteiger partial charge in [-0.15, -0.1) is 0 Å². The van der Waals surface area contributed by atoms with Crippen LogP contribution in [0.2, 0.25) is 0 Å². The molecule has 0 radical (unpaired) electrons. The first kappa shape index (κ1) is 17.2. The molecule has 0 aliphatic carbocycles. The maximum atomic E-state index is 10.9. The third kappa shape index (κ3) is 4.94. The molecule has 1 aliphatic rings. The molecule has 124 valence electrons. The number of hydrogen-bond acceptors (Lipinski definition) is 4. The van der Waals surface area contributed by atoms with E-state index < -0.39 is 11.9 Å². The molecule has 1 atom stereocenters. The lowest BCUT2D eigenvalue weighted by atomic mass is 9.98. The van der Waals surface area contributed by atoms with Crippen molar-refractivity contribution in [3.63, 3.8) is 0 Å². The minimum absolute atomic E-state index is 0.485. The first-order valence-corrected chi connectivity index (χ1v) is 7.84. The zero-order chi connectivity index (χ0) is 16.7. The van der Waals surface area contributed by atoms with Gasteiger partial charge in [0.25, 0.3) is 0 Å². The second kappa shape index (κ2) is 8.50. The number of nitrogens with one attached hydrogen (secondary N) is 2. The van der Waals surface area contributed by atoms with E-state index in [0.29, 0.717) is 0 Å². The molecule has 0 spiro atoms. The average molecular weight is 316 g/mol. The lowest BCUT2D eigenvalue weighted by Crippen LogP contribution is -2.39. The second-order valence-electron chi connectivity index (χ2n) is 5.53. The van der Waals surface area contributed by atoms with E-state index in [4.69, 9.17) is 9.84 Å². The van der Waals surface area contributed by atoms with Crippen LogP contribution >= 0.6 is 0 Å². The first-order valence-electron chi connectivity index (χ1n) is 7.84. The Morgan fingerprint density at radius 3 is 2.13 bits per heavy atom. The van der Waals surface area contributed by atoms with E-state index in [0.717, 1.165) is 48.3 Å². The van der Waals surface area contributed by atoms with Gasteiger partial charge in [0, 0.05) is 26.2 Å². The molecule has 1 fully saturated rings. The molecule has 1 heterocycles. The maximum absolute atomic E-state index is 10.9. The zero-order valence-corrected chi connectivity index (χ0v) is 13.6. The van der Waals surface area contributed by atoms with Crippen LogP contribution in [0.15, 0.2) is 36.4 Å². The van der Waals surface area contributed by atoms with E-state index in [1.807, 2.05) is 36.4 Å². The number of rotatable bonds is 3. The standard InChI is InChI=1S/C14H14O3.C4H10N2/c1-9(14(15)16)10-3-4-12-8-13(17-2)6-5-11(12)7-10;1-2-6-4-3-5-1/h3-9H,1-2H3,(H,15,16);5-6H,1-4H2/t9-;/m0./s1. The summed E-state index contributed by atoms with van der Waals surface area (Å²) < 4.78 is 5.14. The van der Waals surface area contributed by atoms with Crippen molar-refractivity contribution in [3.8, 4) is 5.75 Å². The van der Waals surface area contributed by atoms with E-state index >= 15 is 0 Å². The quantitative estimate of drug-likeness (QED) is 0.810. The molecule has 0 unspecified atom stereocenters. The molecule has 5 heteroatoms. The van der Waals surface area contributed by atoms with Crippen LogP contribution in [-0.2, 0) is 4.79 Å². The van der Waals surface area contributed by atoms with E-state index in [1.54, 1.807) is 14.0 Å². The Balaban J connectivity index is 0.000000268. The highest BCUT2D eigenvalue weighted by Crippen LogP contribution is 2.25. The van der Waals surface area contributed by atoms with Crippen LogP contribution in [0.1, 0.15) is 18.4 Å². The fraction of sp³-hybridized carbons (Fsp3) is 0.389. The Bertz CT molecular complexity index is 642. The number of methoxy groups -OCH3 is 1. The number of aliphatic carboxylic acids is 1. The van der Waals surface area contributed by atoms with Crippen LogP contribution in [0.5, 0.6) is 5.75 Å². The molecule has 2 aromatic carbocycles. The molecule has 0 amide bonds. The summed E-state index contributed by atoms with van der Waals surface area (Å²) in [5.41, 5.74) is 0.815. The molecule has 0 aromatic heterocycles. The highest BCUT2D eigenvalue weighted by molar-refractivity contribution is 5.86. The van der Waals surface area contributed by atoms with E-state index in [2.05, 4.69) is 10.6 Å². The monoisotopic (exact) mass is 316 g/mol. The van der Waals surface area contributed by atoms with Crippen molar-refractivity contribution in [2.75, 3.05) is 33.3 Å². The minimum atomic E-state index is -0.808. The molecule has 5 nitrogen and oxygen atoms in total. The van der Waals surface area contributed by atoms with E-state index in [1.165, 1.54) is 0 Å². The van der Waals surface area contributed by atoms with Gasteiger partial charge in [0.05, 0.1) is 13.0 Å². The first-order chi connectivity index (χ1) is 11.1. The lowest BCUT2D eigenvalue weighted by Gasteiger charge is -2.11. The summed E-state index contributed by atoms with van der Waals surface area (Å²) in [6.07, 6.45) is 0. The highest BCUT2D eigenvalue weighted by atomic mass is 16.5. The third-order valence-electron chi connectivity index (χ3n) is 3.90. The fourth-order valence-electron chi connectivity index (χ4n) is 2.38. The second-order valence-corrected chi connectivity index (χ2v) is 5.53. The van der Waals surface area contributed by atoms with Crippen LogP contribution in [0.4, 0.5) is 0 Å². The van der Waals surface area contributed by atoms with Gasteiger partial charge in [0.1, 0.15) is 5.75 Å². The molecule has 0 saturated carbocycles. The summed E-state index contributed by atoms with van der Waals surface area (Å²) in [6.45, 7) is 6.24. The Kier molecular flexibility index (Phi) is 6.38. The fourth-order valence-corrected chi connectivity index (χ4v) is 2.38. The van der Waals surface area contributed by atoms with Crippen molar-refractivity contribution >= 4 is 16.7 Å². The molecular weight excluding hydrogens is 292 g/mol. The van der Waals surface area contributed by atoms with Gasteiger partial charge in [-0.25, -0.2) is 0 Å². The summed E-state index contributed by atoms with van der Waals surface area (Å²) in [6, 6.07) is 11.4. The third-order valence-corrected chi connectivity index (χ3v) is 3.90. The number of piperazine rings is 1. The number of carbonyl (C=O) groups is 1. The van der Waals surface area contributed by atoms with Gasteiger partial charge in [-0.1, -0.05) is 24.3 Å². The van der Waals surface area contributed by atoms with Crippen LogP contribution < -0.4 is 15.4 Å². The molecule has 23 heavy (non-hydrogen) atoms. The summed E-state index contributed by atoms with van der Waals surface area (Å²) in [7, 11) is 1.63. The van der Waals surface area contributed by atoms with Crippen molar-refractivity contribution < 1.29 is 14.6 Å². The van der Waals surface area contributed by atoms with Crippen LogP contribution in [0, 0.1) is 0 Å². The van der Waals surface area contributed by atoms with Gasteiger partial charge in [0.2, 0.25) is 0 Å². The number of fused-ring (bicyclic) bond motifs is 1. The van der Waals surface area contributed by atoms with Gasteiger partial charge in [-0.2, -0.15) is 0 Å². The number of carboxylic acids is 1. The van der Waals surface area contributed by atoms with E-state index in [-0.39, 0.29) is 0 Å². The van der Waals surface area contributed by atoms with Gasteiger partial charge in [0.15, 0.2) is 0 Å². The molecule has 3 rings (SSSR count). The molecule has 1 saturated heterocycles. The van der Waals surface area contributed by atoms with E-state index in [9.17, 15) is 4.79 Å². The van der Waals surface area contributed by atoms with Crippen molar-refractivity contribution in [2.45, 2.75) is 12.8 Å². The normalized spacial score (nSPS) is 15.4. The topological polar surface area (TPSA) is 70.6 Å². The summed E-state index contributed by atoms with van der Waals surface area (Å²) in [5, 5.41) is 17.5.